The van der Waals surface area contributed by atoms with Crippen LogP contribution >= 0.6 is 0 Å². The topological polar surface area (TPSA) is 105 Å². The van der Waals surface area contributed by atoms with Gasteiger partial charge >= 0.3 is 11.9 Å². The first-order chi connectivity index (χ1) is 11.9. The summed E-state index contributed by atoms with van der Waals surface area (Å²) in [5.74, 6) is -2.14. The third kappa shape index (κ3) is 3.48. The highest BCUT2D eigenvalue weighted by atomic mass is 16.4. The molecule has 0 radical (unpaired) electrons. The van der Waals surface area contributed by atoms with Crippen LogP contribution in [0, 0.1) is 0 Å². The quantitative estimate of drug-likeness (QED) is 0.560. The number of benzene rings is 2. The Morgan fingerprint density at radius 3 is 2.04 bits per heavy atom. The van der Waals surface area contributed by atoms with Crippen LogP contribution in [0.1, 0.15) is 11.1 Å². The first-order valence-corrected chi connectivity index (χ1v) is 7.27. The molecule has 0 saturated heterocycles. The van der Waals surface area contributed by atoms with Crippen molar-refractivity contribution in [2.24, 2.45) is 0 Å². The second-order valence-electron chi connectivity index (χ2n) is 5.29. The summed E-state index contributed by atoms with van der Waals surface area (Å²) < 4.78 is 5.73. The maximum absolute atomic E-state index is 12.6. The van der Waals surface area contributed by atoms with Crippen molar-refractivity contribution in [2.75, 3.05) is 0 Å². The first kappa shape index (κ1) is 16.2. The SMILES string of the molecule is O=C(O)C=Cc1ccc2c(=O)c3cc(C=CC(=O)O)ccc3oc2c1. The van der Waals surface area contributed by atoms with Crippen LogP contribution < -0.4 is 5.43 Å². The van der Waals surface area contributed by atoms with Gasteiger partial charge < -0.3 is 14.6 Å². The molecule has 0 saturated carbocycles. The summed E-state index contributed by atoms with van der Waals surface area (Å²) in [6.07, 6.45) is 4.79. The third-order valence-corrected chi connectivity index (χ3v) is 3.56. The van der Waals surface area contributed by atoms with Crippen molar-refractivity contribution in [3.05, 3.63) is 69.9 Å². The molecule has 6 nitrogen and oxygen atoms in total. The van der Waals surface area contributed by atoms with Gasteiger partial charge in [-0.2, -0.15) is 0 Å². The Morgan fingerprint density at radius 1 is 0.800 bits per heavy atom. The second-order valence-corrected chi connectivity index (χ2v) is 5.29. The molecule has 0 atom stereocenters. The Bertz CT molecular complexity index is 1120. The highest BCUT2D eigenvalue weighted by molar-refractivity contribution is 5.93. The minimum atomic E-state index is -1.08. The van der Waals surface area contributed by atoms with Crippen LogP contribution in [0.25, 0.3) is 34.1 Å². The molecule has 25 heavy (non-hydrogen) atoms. The van der Waals surface area contributed by atoms with Crippen molar-refractivity contribution in [1.29, 1.82) is 0 Å². The Morgan fingerprint density at radius 2 is 1.40 bits per heavy atom. The summed E-state index contributed by atoms with van der Waals surface area (Å²) in [7, 11) is 0. The molecule has 0 spiro atoms. The van der Waals surface area contributed by atoms with Crippen molar-refractivity contribution in [3.63, 3.8) is 0 Å². The fourth-order valence-corrected chi connectivity index (χ4v) is 2.43. The molecule has 0 amide bonds. The normalized spacial score (nSPS) is 11.7. The lowest BCUT2D eigenvalue weighted by Gasteiger charge is -2.03. The van der Waals surface area contributed by atoms with Gasteiger partial charge in [0.05, 0.1) is 10.8 Å². The molecule has 0 aliphatic heterocycles. The Hall–Kier alpha value is -3.67. The molecule has 0 bridgehead atoms. The van der Waals surface area contributed by atoms with Crippen molar-refractivity contribution in [3.8, 4) is 0 Å². The van der Waals surface area contributed by atoms with Gasteiger partial charge in [0.1, 0.15) is 11.2 Å². The van der Waals surface area contributed by atoms with Gasteiger partial charge in [-0.1, -0.05) is 12.1 Å². The van der Waals surface area contributed by atoms with E-state index < -0.39 is 11.9 Å². The van der Waals surface area contributed by atoms with E-state index in [2.05, 4.69) is 0 Å². The number of aliphatic carboxylic acids is 2. The van der Waals surface area contributed by atoms with Gasteiger partial charge in [-0.15, -0.1) is 0 Å². The van der Waals surface area contributed by atoms with Crippen molar-refractivity contribution < 1.29 is 24.2 Å². The molecule has 6 heteroatoms. The summed E-state index contributed by atoms with van der Waals surface area (Å²) in [4.78, 5) is 33.8. The number of fused-ring (bicyclic) bond motifs is 2. The molecule has 0 fully saturated rings. The van der Waals surface area contributed by atoms with E-state index in [1.165, 1.54) is 12.2 Å². The standard InChI is InChI=1S/C19H12O6/c20-17(21)7-3-11-2-6-15-14(9-11)19(24)13-5-1-12(4-8-18(22)23)10-16(13)25-15/h1-10H,(H,20,21)(H,22,23). The number of carboxylic acids is 2. The lowest BCUT2D eigenvalue weighted by molar-refractivity contribution is -0.132. The lowest BCUT2D eigenvalue weighted by Crippen LogP contribution is -2.02. The molecule has 0 aliphatic carbocycles. The maximum Gasteiger partial charge on any atom is 0.328 e. The average molecular weight is 336 g/mol. The third-order valence-electron chi connectivity index (χ3n) is 3.56. The van der Waals surface area contributed by atoms with E-state index in [4.69, 9.17) is 14.6 Å². The number of carboxylic acid groups (broad SMARTS) is 2. The lowest BCUT2D eigenvalue weighted by atomic mass is 10.1. The van der Waals surface area contributed by atoms with Crippen LogP contribution in [0.2, 0.25) is 0 Å². The minimum Gasteiger partial charge on any atom is -0.478 e. The van der Waals surface area contributed by atoms with Gasteiger partial charge in [0.2, 0.25) is 5.43 Å². The number of hydrogen-bond acceptors (Lipinski definition) is 4. The van der Waals surface area contributed by atoms with Crippen LogP contribution in [0.3, 0.4) is 0 Å². The van der Waals surface area contributed by atoms with Gasteiger partial charge in [0.15, 0.2) is 0 Å². The molecule has 124 valence electrons. The second kappa shape index (κ2) is 6.45. The summed E-state index contributed by atoms with van der Waals surface area (Å²) in [6, 6.07) is 9.59. The van der Waals surface area contributed by atoms with Gasteiger partial charge in [0.25, 0.3) is 0 Å². The van der Waals surface area contributed by atoms with Crippen LogP contribution in [0.5, 0.6) is 0 Å². The van der Waals surface area contributed by atoms with Gasteiger partial charge in [-0.3, -0.25) is 4.79 Å². The number of rotatable bonds is 4. The summed E-state index contributed by atoms with van der Waals surface area (Å²) in [5, 5.41) is 18.1. The number of hydrogen-bond donors (Lipinski definition) is 2. The highest BCUT2D eigenvalue weighted by Gasteiger charge is 2.08. The van der Waals surface area contributed by atoms with E-state index in [9.17, 15) is 14.4 Å². The van der Waals surface area contributed by atoms with Gasteiger partial charge in [0, 0.05) is 12.2 Å². The van der Waals surface area contributed by atoms with Crippen molar-refractivity contribution in [2.45, 2.75) is 0 Å². The molecule has 2 N–H and O–H groups in total. The molecule has 0 unspecified atom stereocenters. The zero-order valence-electron chi connectivity index (χ0n) is 12.8. The van der Waals surface area contributed by atoms with Crippen molar-refractivity contribution >= 4 is 46.0 Å². The molecule has 2 aromatic carbocycles. The van der Waals surface area contributed by atoms with Gasteiger partial charge in [-0.25, -0.2) is 9.59 Å². The Balaban J connectivity index is 2.16. The largest absolute Gasteiger partial charge is 0.478 e. The van der Waals surface area contributed by atoms with Crippen molar-refractivity contribution in [1.82, 2.24) is 0 Å². The van der Waals surface area contributed by atoms with E-state index in [0.29, 0.717) is 33.1 Å². The van der Waals surface area contributed by atoms with E-state index in [1.807, 2.05) is 0 Å². The van der Waals surface area contributed by atoms with Gasteiger partial charge in [-0.05, 0) is 47.5 Å². The smallest absolute Gasteiger partial charge is 0.328 e. The van der Waals surface area contributed by atoms with Crippen LogP contribution in [-0.4, -0.2) is 22.2 Å². The van der Waals surface area contributed by atoms with Crippen LogP contribution in [0.4, 0.5) is 0 Å². The fourth-order valence-electron chi connectivity index (χ4n) is 2.43. The van der Waals surface area contributed by atoms with E-state index in [0.717, 1.165) is 12.2 Å². The zero-order valence-corrected chi connectivity index (χ0v) is 12.8. The van der Waals surface area contributed by atoms with Crippen LogP contribution in [0.15, 0.2) is 57.8 Å². The molecule has 0 aliphatic rings. The molecule has 1 heterocycles. The predicted octanol–water partition coefficient (Wildman–Crippen LogP) is 3.14. The predicted molar refractivity (Wildman–Crippen MR) is 93.3 cm³/mol. The van der Waals surface area contributed by atoms with E-state index in [1.54, 1.807) is 36.4 Å². The molecular formula is C19H12O6. The summed E-state index contributed by atoms with van der Waals surface area (Å²) in [5.41, 5.74) is 1.64. The molecule has 3 aromatic rings. The average Bonchev–Trinajstić information content (AvgIpc) is 2.58. The molecule has 1 aromatic heterocycles. The van der Waals surface area contributed by atoms with Crippen LogP contribution in [-0.2, 0) is 9.59 Å². The number of carbonyl (C=O) groups is 2. The highest BCUT2D eigenvalue weighted by Crippen LogP contribution is 2.21. The van der Waals surface area contributed by atoms with E-state index in [-0.39, 0.29) is 5.43 Å². The monoisotopic (exact) mass is 336 g/mol. The fraction of sp³-hybridized carbons (Fsp3) is 0. The molecular weight excluding hydrogens is 324 g/mol. The molecule has 3 rings (SSSR count). The summed E-state index contributed by atoms with van der Waals surface area (Å²) >= 11 is 0. The maximum atomic E-state index is 12.6. The Kier molecular flexibility index (Phi) is 4.18. The summed E-state index contributed by atoms with van der Waals surface area (Å²) in [6.45, 7) is 0. The minimum absolute atomic E-state index is 0.240. The Labute approximate surface area is 140 Å². The van der Waals surface area contributed by atoms with E-state index >= 15 is 0 Å². The zero-order chi connectivity index (χ0) is 18.0. The first-order valence-electron chi connectivity index (χ1n) is 7.27.